The second kappa shape index (κ2) is 6.49. The quantitative estimate of drug-likeness (QED) is 0.774. The number of carbonyl (C=O) groups excluding carboxylic acids is 1. The molecule has 0 aliphatic rings. The summed E-state index contributed by atoms with van der Waals surface area (Å²) in [6.45, 7) is 4.10. The standard InChI is InChI=1S/C20H22N2O2/c1-13-8-9-15(14(2)10-13)20(24)21-11-19(23)17-12-22(3)18-7-5-4-6-16(17)18/h4-10,12,19,23H,11H2,1-3H3,(H,21,24). The summed E-state index contributed by atoms with van der Waals surface area (Å²) in [6.07, 6.45) is 1.17. The van der Waals surface area contributed by atoms with Crippen LogP contribution in [-0.2, 0) is 7.05 Å². The Balaban J connectivity index is 1.75. The van der Waals surface area contributed by atoms with Gasteiger partial charge in [0.15, 0.2) is 0 Å². The molecule has 0 saturated carbocycles. The van der Waals surface area contributed by atoms with Crippen molar-refractivity contribution in [2.75, 3.05) is 6.54 Å². The van der Waals surface area contributed by atoms with Gasteiger partial charge < -0.3 is 15.0 Å². The molecule has 0 fully saturated rings. The number of hydrogen-bond donors (Lipinski definition) is 2. The van der Waals surface area contributed by atoms with Crippen LogP contribution in [0.15, 0.2) is 48.7 Å². The van der Waals surface area contributed by atoms with Gasteiger partial charge in [0.2, 0.25) is 0 Å². The highest BCUT2D eigenvalue weighted by molar-refractivity contribution is 5.95. The van der Waals surface area contributed by atoms with Crippen LogP contribution in [0.1, 0.15) is 33.2 Å². The number of aryl methyl sites for hydroxylation is 3. The third-order valence-corrected chi connectivity index (χ3v) is 4.37. The number of rotatable bonds is 4. The molecular weight excluding hydrogens is 300 g/mol. The van der Waals surface area contributed by atoms with E-state index in [0.717, 1.165) is 27.6 Å². The first kappa shape index (κ1) is 16.3. The minimum atomic E-state index is -0.745. The minimum Gasteiger partial charge on any atom is -0.386 e. The molecule has 0 bridgehead atoms. The Morgan fingerprint density at radius 1 is 1.21 bits per heavy atom. The highest BCUT2D eigenvalue weighted by atomic mass is 16.3. The first-order chi connectivity index (χ1) is 11.5. The Morgan fingerprint density at radius 3 is 2.71 bits per heavy atom. The number of fused-ring (bicyclic) bond motifs is 1. The van der Waals surface area contributed by atoms with E-state index in [9.17, 15) is 9.90 Å². The van der Waals surface area contributed by atoms with Crippen molar-refractivity contribution in [3.8, 4) is 0 Å². The smallest absolute Gasteiger partial charge is 0.251 e. The lowest BCUT2D eigenvalue weighted by atomic mass is 10.0. The zero-order valence-electron chi connectivity index (χ0n) is 14.2. The summed E-state index contributed by atoms with van der Waals surface area (Å²) in [7, 11) is 1.95. The molecular formula is C20H22N2O2. The van der Waals surface area contributed by atoms with Crippen LogP contribution >= 0.6 is 0 Å². The molecule has 0 saturated heterocycles. The Morgan fingerprint density at radius 2 is 1.96 bits per heavy atom. The van der Waals surface area contributed by atoms with E-state index in [4.69, 9.17) is 0 Å². The van der Waals surface area contributed by atoms with Crippen LogP contribution in [0.2, 0.25) is 0 Å². The van der Waals surface area contributed by atoms with E-state index in [1.54, 1.807) is 0 Å². The van der Waals surface area contributed by atoms with Crippen molar-refractivity contribution < 1.29 is 9.90 Å². The second-order valence-electron chi connectivity index (χ2n) is 6.26. The molecule has 0 spiro atoms. The van der Waals surface area contributed by atoms with Gasteiger partial charge in [0, 0.05) is 41.8 Å². The molecule has 1 unspecified atom stereocenters. The van der Waals surface area contributed by atoms with Crippen LogP contribution < -0.4 is 5.32 Å². The van der Waals surface area contributed by atoms with Gasteiger partial charge in [0.1, 0.15) is 0 Å². The van der Waals surface area contributed by atoms with E-state index in [-0.39, 0.29) is 12.5 Å². The van der Waals surface area contributed by atoms with E-state index in [2.05, 4.69) is 5.32 Å². The number of amides is 1. The summed E-state index contributed by atoms with van der Waals surface area (Å²) in [5.74, 6) is -0.160. The van der Waals surface area contributed by atoms with Crippen LogP contribution in [-0.4, -0.2) is 22.1 Å². The number of para-hydroxylation sites is 1. The fourth-order valence-electron chi connectivity index (χ4n) is 3.10. The minimum absolute atomic E-state index is 0.160. The van der Waals surface area contributed by atoms with Gasteiger partial charge in [-0.1, -0.05) is 35.9 Å². The molecule has 3 rings (SSSR count). The third kappa shape index (κ3) is 3.05. The number of aliphatic hydroxyl groups is 1. The van der Waals surface area contributed by atoms with Gasteiger partial charge in [0.05, 0.1) is 6.10 Å². The topological polar surface area (TPSA) is 54.3 Å². The molecule has 1 aromatic heterocycles. The molecule has 4 nitrogen and oxygen atoms in total. The predicted octanol–water partition coefficient (Wildman–Crippen LogP) is 3.26. The SMILES string of the molecule is Cc1ccc(C(=O)NCC(O)c2cn(C)c3ccccc23)c(C)c1. The van der Waals surface area contributed by atoms with E-state index in [1.165, 1.54) is 0 Å². The number of benzene rings is 2. The first-order valence-electron chi connectivity index (χ1n) is 8.05. The fourth-order valence-corrected chi connectivity index (χ4v) is 3.10. The maximum absolute atomic E-state index is 12.4. The van der Waals surface area contributed by atoms with Gasteiger partial charge in [-0.15, -0.1) is 0 Å². The van der Waals surface area contributed by atoms with Gasteiger partial charge in [-0.25, -0.2) is 0 Å². The predicted molar refractivity (Wildman–Crippen MR) is 96.1 cm³/mol. The first-order valence-corrected chi connectivity index (χ1v) is 8.05. The lowest BCUT2D eigenvalue weighted by molar-refractivity contribution is 0.0916. The zero-order valence-corrected chi connectivity index (χ0v) is 14.2. The largest absolute Gasteiger partial charge is 0.386 e. The van der Waals surface area contributed by atoms with E-state index < -0.39 is 6.10 Å². The molecule has 4 heteroatoms. The summed E-state index contributed by atoms with van der Waals surface area (Å²) >= 11 is 0. The Labute approximate surface area is 141 Å². The second-order valence-corrected chi connectivity index (χ2v) is 6.26. The lowest BCUT2D eigenvalue weighted by Crippen LogP contribution is -2.28. The van der Waals surface area contributed by atoms with E-state index in [1.807, 2.05) is 74.1 Å². The van der Waals surface area contributed by atoms with E-state index in [0.29, 0.717) is 5.56 Å². The molecule has 1 heterocycles. The summed E-state index contributed by atoms with van der Waals surface area (Å²) in [4.78, 5) is 12.4. The number of aliphatic hydroxyl groups excluding tert-OH is 1. The number of hydrogen-bond acceptors (Lipinski definition) is 2. The van der Waals surface area contributed by atoms with Crippen LogP contribution in [0.25, 0.3) is 10.9 Å². The molecule has 1 amide bonds. The summed E-state index contributed by atoms with van der Waals surface area (Å²) in [6, 6.07) is 13.6. The van der Waals surface area contributed by atoms with Crippen LogP contribution in [0.5, 0.6) is 0 Å². The highest BCUT2D eigenvalue weighted by Crippen LogP contribution is 2.25. The van der Waals surface area contributed by atoms with Crippen molar-refractivity contribution in [1.29, 1.82) is 0 Å². The zero-order chi connectivity index (χ0) is 17.3. The lowest BCUT2D eigenvalue weighted by Gasteiger charge is -2.13. The van der Waals surface area contributed by atoms with Gasteiger partial charge in [-0.3, -0.25) is 4.79 Å². The van der Waals surface area contributed by atoms with Gasteiger partial charge in [-0.2, -0.15) is 0 Å². The van der Waals surface area contributed by atoms with Crippen molar-refractivity contribution in [3.05, 3.63) is 70.9 Å². The number of nitrogens with one attached hydrogen (secondary N) is 1. The van der Waals surface area contributed by atoms with Crippen molar-refractivity contribution in [2.24, 2.45) is 7.05 Å². The van der Waals surface area contributed by atoms with Crippen molar-refractivity contribution in [1.82, 2.24) is 9.88 Å². The molecule has 3 aromatic rings. The Bertz CT molecular complexity index is 896. The van der Waals surface area contributed by atoms with Crippen molar-refractivity contribution in [3.63, 3.8) is 0 Å². The average Bonchev–Trinajstić information content (AvgIpc) is 2.90. The molecule has 0 aliphatic carbocycles. The Kier molecular flexibility index (Phi) is 4.40. The van der Waals surface area contributed by atoms with Crippen LogP contribution in [0.4, 0.5) is 0 Å². The van der Waals surface area contributed by atoms with Crippen LogP contribution in [0.3, 0.4) is 0 Å². The maximum Gasteiger partial charge on any atom is 0.251 e. The van der Waals surface area contributed by atoms with Gasteiger partial charge in [0.25, 0.3) is 5.91 Å². The van der Waals surface area contributed by atoms with Crippen LogP contribution in [0, 0.1) is 13.8 Å². The van der Waals surface area contributed by atoms with Gasteiger partial charge in [-0.05, 0) is 31.5 Å². The molecule has 2 aromatic carbocycles. The number of aromatic nitrogens is 1. The molecule has 2 N–H and O–H groups in total. The molecule has 0 radical (unpaired) electrons. The summed E-state index contributed by atoms with van der Waals surface area (Å²) in [5, 5.41) is 14.4. The normalized spacial score (nSPS) is 12.3. The number of carbonyl (C=O) groups is 1. The van der Waals surface area contributed by atoms with Crippen molar-refractivity contribution >= 4 is 16.8 Å². The molecule has 124 valence electrons. The monoisotopic (exact) mass is 322 g/mol. The maximum atomic E-state index is 12.4. The fraction of sp³-hybridized carbons (Fsp3) is 0.250. The molecule has 0 aliphatic heterocycles. The van der Waals surface area contributed by atoms with Gasteiger partial charge >= 0.3 is 0 Å². The number of nitrogens with zero attached hydrogens (tertiary/aromatic N) is 1. The Hall–Kier alpha value is -2.59. The summed E-state index contributed by atoms with van der Waals surface area (Å²) in [5.41, 5.74) is 4.60. The highest BCUT2D eigenvalue weighted by Gasteiger charge is 2.16. The molecule has 1 atom stereocenters. The third-order valence-electron chi connectivity index (χ3n) is 4.37. The molecule has 24 heavy (non-hydrogen) atoms. The van der Waals surface area contributed by atoms with E-state index >= 15 is 0 Å². The summed E-state index contributed by atoms with van der Waals surface area (Å²) < 4.78 is 1.99. The van der Waals surface area contributed by atoms with Crippen molar-refractivity contribution in [2.45, 2.75) is 20.0 Å². The average molecular weight is 322 g/mol.